The maximum atomic E-state index is 5.62. The first-order valence-corrected chi connectivity index (χ1v) is 5.23. The van der Waals surface area contributed by atoms with E-state index in [1.807, 2.05) is 38.1 Å². The Morgan fingerprint density at radius 1 is 1.31 bits per heavy atom. The highest BCUT2D eigenvalue weighted by Gasteiger charge is 2.03. The highest BCUT2D eigenvalue weighted by atomic mass is 16.5. The first-order valence-electron chi connectivity index (χ1n) is 5.23. The van der Waals surface area contributed by atoms with Gasteiger partial charge in [0.1, 0.15) is 11.6 Å². The van der Waals surface area contributed by atoms with E-state index in [9.17, 15) is 0 Å². The van der Waals surface area contributed by atoms with Crippen LogP contribution in [0.5, 0.6) is 5.75 Å². The highest BCUT2D eigenvalue weighted by molar-refractivity contribution is 5.63. The van der Waals surface area contributed by atoms with Crippen LogP contribution < -0.4 is 10.5 Å². The average molecular weight is 217 g/mol. The van der Waals surface area contributed by atoms with Crippen molar-refractivity contribution in [2.75, 3.05) is 5.73 Å². The monoisotopic (exact) mass is 217 g/mol. The zero-order valence-electron chi connectivity index (χ0n) is 9.40. The lowest BCUT2D eigenvalue weighted by Gasteiger charge is -2.10. The summed E-state index contributed by atoms with van der Waals surface area (Å²) in [5.41, 5.74) is 7.47. The van der Waals surface area contributed by atoms with Crippen molar-refractivity contribution in [3.8, 4) is 17.0 Å². The van der Waals surface area contributed by atoms with Crippen LogP contribution in [0.25, 0.3) is 11.3 Å². The summed E-state index contributed by atoms with van der Waals surface area (Å²) in [5, 5.41) is 6.77. The fourth-order valence-electron chi connectivity index (χ4n) is 1.49. The van der Waals surface area contributed by atoms with Gasteiger partial charge in [0, 0.05) is 11.6 Å². The molecule has 0 radical (unpaired) electrons. The summed E-state index contributed by atoms with van der Waals surface area (Å²) in [7, 11) is 0. The fourth-order valence-corrected chi connectivity index (χ4v) is 1.49. The smallest absolute Gasteiger partial charge is 0.145 e. The Morgan fingerprint density at radius 3 is 2.75 bits per heavy atom. The van der Waals surface area contributed by atoms with Gasteiger partial charge in [-0.1, -0.05) is 12.1 Å². The molecule has 16 heavy (non-hydrogen) atoms. The molecule has 0 bridgehead atoms. The summed E-state index contributed by atoms with van der Waals surface area (Å²) >= 11 is 0. The Hall–Kier alpha value is -1.97. The number of anilines is 1. The molecule has 0 unspecified atom stereocenters. The normalized spacial score (nSPS) is 10.7. The van der Waals surface area contributed by atoms with E-state index in [2.05, 4.69) is 10.2 Å². The molecular weight excluding hydrogens is 202 g/mol. The van der Waals surface area contributed by atoms with Crippen molar-refractivity contribution in [2.24, 2.45) is 0 Å². The Balaban J connectivity index is 2.28. The second-order valence-electron chi connectivity index (χ2n) is 3.90. The molecule has 0 amide bonds. The van der Waals surface area contributed by atoms with Crippen LogP contribution >= 0.6 is 0 Å². The molecule has 4 heteroatoms. The number of aromatic amines is 1. The molecule has 3 N–H and O–H groups in total. The minimum Gasteiger partial charge on any atom is -0.491 e. The first kappa shape index (κ1) is 10.5. The van der Waals surface area contributed by atoms with Gasteiger partial charge in [0.15, 0.2) is 0 Å². The van der Waals surface area contributed by atoms with Crippen molar-refractivity contribution in [3.05, 3.63) is 30.3 Å². The zero-order valence-corrected chi connectivity index (χ0v) is 9.40. The van der Waals surface area contributed by atoms with E-state index in [1.165, 1.54) is 0 Å². The standard InChI is InChI=1S/C12H15N3O/c1-8(2)16-10-5-3-4-9(6-10)11-7-12(13)15-14-11/h3-8H,1-2H3,(H3,13,14,15). The van der Waals surface area contributed by atoms with Crippen LogP contribution in [0.1, 0.15) is 13.8 Å². The van der Waals surface area contributed by atoms with Gasteiger partial charge in [0.25, 0.3) is 0 Å². The van der Waals surface area contributed by atoms with E-state index in [0.29, 0.717) is 5.82 Å². The summed E-state index contributed by atoms with van der Waals surface area (Å²) in [6, 6.07) is 9.63. The van der Waals surface area contributed by atoms with E-state index < -0.39 is 0 Å². The number of H-pyrrole nitrogens is 1. The second-order valence-corrected chi connectivity index (χ2v) is 3.90. The lowest BCUT2D eigenvalue weighted by molar-refractivity contribution is 0.242. The third-order valence-corrected chi connectivity index (χ3v) is 2.11. The molecule has 1 heterocycles. The molecule has 0 spiro atoms. The molecule has 0 aliphatic heterocycles. The molecule has 0 aliphatic rings. The average Bonchev–Trinajstić information content (AvgIpc) is 2.64. The van der Waals surface area contributed by atoms with E-state index in [-0.39, 0.29) is 6.10 Å². The van der Waals surface area contributed by atoms with Gasteiger partial charge in [0.05, 0.1) is 11.8 Å². The largest absolute Gasteiger partial charge is 0.491 e. The molecule has 0 fully saturated rings. The van der Waals surface area contributed by atoms with Crippen LogP contribution in [0.2, 0.25) is 0 Å². The third-order valence-electron chi connectivity index (χ3n) is 2.11. The van der Waals surface area contributed by atoms with Crippen LogP contribution in [0, 0.1) is 0 Å². The van der Waals surface area contributed by atoms with Gasteiger partial charge in [-0.25, -0.2) is 0 Å². The molecule has 0 aliphatic carbocycles. The Morgan fingerprint density at radius 2 is 2.12 bits per heavy atom. The molecule has 84 valence electrons. The zero-order chi connectivity index (χ0) is 11.5. The Kier molecular flexibility index (Phi) is 2.81. The molecule has 0 saturated heterocycles. The topological polar surface area (TPSA) is 63.9 Å². The van der Waals surface area contributed by atoms with Gasteiger partial charge in [-0.3, -0.25) is 5.10 Å². The summed E-state index contributed by atoms with van der Waals surface area (Å²) < 4.78 is 5.62. The first-order chi connectivity index (χ1) is 7.65. The number of rotatable bonds is 3. The molecular formula is C12H15N3O. The van der Waals surface area contributed by atoms with E-state index in [4.69, 9.17) is 10.5 Å². The maximum Gasteiger partial charge on any atom is 0.145 e. The Labute approximate surface area is 94.4 Å². The quantitative estimate of drug-likeness (QED) is 0.830. The van der Waals surface area contributed by atoms with Crippen LogP contribution in [0.15, 0.2) is 30.3 Å². The summed E-state index contributed by atoms with van der Waals surface area (Å²) in [6.07, 6.45) is 0.169. The molecule has 1 aromatic heterocycles. The lowest BCUT2D eigenvalue weighted by Crippen LogP contribution is -2.05. The van der Waals surface area contributed by atoms with Gasteiger partial charge in [0.2, 0.25) is 0 Å². The molecule has 0 saturated carbocycles. The number of ether oxygens (including phenoxy) is 1. The minimum absolute atomic E-state index is 0.169. The van der Waals surface area contributed by atoms with Crippen LogP contribution in [0.3, 0.4) is 0 Å². The van der Waals surface area contributed by atoms with Crippen LogP contribution in [0.4, 0.5) is 5.82 Å². The number of hydrogen-bond acceptors (Lipinski definition) is 3. The van der Waals surface area contributed by atoms with Crippen molar-refractivity contribution in [2.45, 2.75) is 20.0 Å². The minimum atomic E-state index is 0.169. The van der Waals surface area contributed by atoms with Crippen LogP contribution in [-0.2, 0) is 0 Å². The highest BCUT2D eigenvalue weighted by Crippen LogP contribution is 2.23. The van der Waals surface area contributed by atoms with Crippen LogP contribution in [-0.4, -0.2) is 16.3 Å². The van der Waals surface area contributed by atoms with Crippen molar-refractivity contribution >= 4 is 5.82 Å². The number of aromatic nitrogens is 2. The van der Waals surface area contributed by atoms with E-state index >= 15 is 0 Å². The van der Waals surface area contributed by atoms with Crippen molar-refractivity contribution in [1.29, 1.82) is 0 Å². The van der Waals surface area contributed by atoms with E-state index in [1.54, 1.807) is 6.07 Å². The predicted octanol–water partition coefficient (Wildman–Crippen LogP) is 2.45. The maximum absolute atomic E-state index is 5.62. The Bertz CT molecular complexity index is 477. The summed E-state index contributed by atoms with van der Waals surface area (Å²) in [4.78, 5) is 0. The van der Waals surface area contributed by atoms with Gasteiger partial charge < -0.3 is 10.5 Å². The molecule has 1 aromatic carbocycles. The summed E-state index contributed by atoms with van der Waals surface area (Å²) in [5.74, 6) is 1.34. The molecule has 2 aromatic rings. The van der Waals surface area contributed by atoms with Gasteiger partial charge in [-0.2, -0.15) is 5.10 Å². The van der Waals surface area contributed by atoms with Gasteiger partial charge >= 0.3 is 0 Å². The SMILES string of the molecule is CC(C)Oc1cccc(-c2cc(N)n[nH]2)c1. The fraction of sp³-hybridized carbons (Fsp3) is 0.250. The number of hydrogen-bond donors (Lipinski definition) is 2. The second kappa shape index (κ2) is 4.26. The number of nitrogens with two attached hydrogens (primary N) is 1. The van der Waals surface area contributed by atoms with Crippen molar-refractivity contribution in [1.82, 2.24) is 10.2 Å². The van der Waals surface area contributed by atoms with E-state index in [0.717, 1.165) is 17.0 Å². The van der Waals surface area contributed by atoms with Crippen molar-refractivity contribution in [3.63, 3.8) is 0 Å². The predicted molar refractivity (Wildman–Crippen MR) is 64.2 cm³/mol. The number of benzene rings is 1. The number of nitrogens with zero attached hydrogens (tertiary/aromatic N) is 1. The summed E-state index contributed by atoms with van der Waals surface area (Å²) in [6.45, 7) is 4.00. The third kappa shape index (κ3) is 2.34. The number of nitrogen functional groups attached to an aromatic ring is 1. The lowest BCUT2D eigenvalue weighted by atomic mass is 10.1. The molecule has 2 rings (SSSR count). The molecule has 0 atom stereocenters. The van der Waals surface area contributed by atoms with Gasteiger partial charge in [-0.15, -0.1) is 0 Å². The van der Waals surface area contributed by atoms with Gasteiger partial charge in [-0.05, 0) is 26.0 Å². The van der Waals surface area contributed by atoms with Crippen molar-refractivity contribution < 1.29 is 4.74 Å². The molecule has 4 nitrogen and oxygen atoms in total. The number of nitrogens with one attached hydrogen (secondary N) is 1.